The Morgan fingerprint density at radius 2 is 2.50 bits per heavy atom. The Morgan fingerprint density at radius 3 is 3.29 bits per heavy atom. The van der Waals surface area contributed by atoms with Crippen molar-refractivity contribution in [2.45, 2.75) is 31.9 Å². The first-order valence-corrected chi connectivity index (χ1v) is 5.36. The maximum Gasteiger partial charge on any atom is 0.216 e. The Kier molecular flexibility index (Phi) is 3.03. The maximum atomic E-state index is 10.7. The molecule has 2 fully saturated rings. The van der Waals surface area contributed by atoms with Crippen LogP contribution in [0, 0.1) is 0 Å². The van der Waals surface area contributed by atoms with Crippen LogP contribution in [0.15, 0.2) is 0 Å². The van der Waals surface area contributed by atoms with Gasteiger partial charge in [0.15, 0.2) is 0 Å². The number of carbonyl (C=O) groups is 1. The topological polar surface area (TPSA) is 41.6 Å². The van der Waals surface area contributed by atoms with Crippen LogP contribution in [0.4, 0.5) is 0 Å². The van der Waals surface area contributed by atoms with E-state index < -0.39 is 0 Å². The van der Waals surface area contributed by atoms with Crippen molar-refractivity contribution in [3.63, 3.8) is 0 Å². The van der Waals surface area contributed by atoms with Gasteiger partial charge < -0.3 is 10.1 Å². The minimum atomic E-state index is 0.0251. The average Bonchev–Trinajstić information content (AvgIpc) is 2.61. The fraction of sp³-hybridized carbons (Fsp3) is 0.900. The molecule has 0 aromatic carbocycles. The van der Waals surface area contributed by atoms with Crippen molar-refractivity contribution in [2.75, 3.05) is 26.2 Å². The molecule has 0 aromatic heterocycles. The van der Waals surface area contributed by atoms with Gasteiger partial charge in [0.2, 0.25) is 5.91 Å². The first-order valence-electron chi connectivity index (χ1n) is 5.36. The Bertz CT molecular complexity index is 220. The molecule has 0 aromatic rings. The number of hydrogen-bond acceptors (Lipinski definition) is 3. The van der Waals surface area contributed by atoms with E-state index in [-0.39, 0.29) is 12.0 Å². The Balaban J connectivity index is 1.77. The van der Waals surface area contributed by atoms with Gasteiger partial charge in [0, 0.05) is 26.1 Å². The summed E-state index contributed by atoms with van der Waals surface area (Å²) in [6.45, 7) is 5.21. The van der Waals surface area contributed by atoms with E-state index in [0.29, 0.717) is 12.6 Å². The van der Waals surface area contributed by atoms with E-state index in [0.717, 1.165) is 13.2 Å². The van der Waals surface area contributed by atoms with Crippen LogP contribution in [-0.4, -0.2) is 49.2 Å². The van der Waals surface area contributed by atoms with Gasteiger partial charge in [0.25, 0.3) is 0 Å². The first kappa shape index (κ1) is 9.93. The minimum absolute atomic E-state index is 0.0251. The van der Waals surface area contributed by atoms with Crippen LogP contribution in [0.1, 0.15) is 19.8 Å². The summed E-state index contributed by atoms with van der Waals surface area (Å²) < 4.78 is 5.69. The van der Waals surface area contributed by atoms with Gasteiger partial charge >= 0.3 is 0 Å². The first-order chi connectivity index (χ1) is 6.75. The molecule has 0 bridgehead atoms. The van der Waals surface area contributed by atoms with E-state index in [1.165, 1.54) is 19.4 Å². The highest BCUT2D eigenvalue weighted by atomic mass is 16.5. The number of morpholine rings is 1. The number of hydrogen-bond donors (Lipinski definition) is 1. The maximum absolute atomic E-state index is 10.7. The number of ether oxygens (including phenoxy) is 1. The number of amides is 1. The lowest BCUT2D eigenvalue weighted by molar-refractivity contribution is -0.120. The van der Waals surface area contributed by atoms with Gasteiger partial charge in [0.1, 0.15) is 0 Å². The van der Waals surface area contributed by atoms with E-state index in [1.54, 1.807) is 6.92 Å². The molecule has 2 atom stereocenters. The molecule has 0 saturated carbocycles. The van der Waals surface area contributed by atoms with Crippen molar-refractivity contribution in [1.82, 2.24) is 10.2 Å². The molecule has 14 heavy (non-hydrogen) atoms. The zero-order valence-corrected chi connectivity index (χ0v) is 8.66. The Morgan fingerprint density at radius 1 is 1.64 bits per heavy atom. The molecule has 0 aliphatic carbocycles. The van der Waals surface area contributed by atoms with Gasteiger partial charge in [-0.1, -0.05) is 0 Å². The number of fused-ring (bicyclic) bond motifs is 1. The molecule has 2 saturated heterocycles. The molecular formula is C10H18N2O2. The smallest absolute Gasteiger partial charge is 0.216 e. The van der Waals surface area contributed by atoms with E-state index in [2.05, 4.69) is 10.2 Å². The zero-order valence-electron chi connectivity index (χ0n) is 8.66. The number of nitrogens with zero attached hydrogens (tertiary/aromatic N) is 1. The molecule has 2 heterocycles. The SMILES string of the molecule is CC(=O)NCC1CN2CCCC2CO1. The Hall–Kier alpha value is -0.610. The summed E-state index contributed by atoms with van der Waals surface area (Å²) in [5.41, 5.74) is 0. The summed E-state index contributed by atoms with van der Waals surface area (Å²) in [6.07, 6.45) is 2.75. The van der Waals surface area contributed by atoms with Gasteiger partial charge in [-0.2, -0.15) is 0 Å². The van der Waals surface area contributed by atoms with Crippen molar-refractivity contribution in [1.29, 1.82) is 0 Å². The highest BCUT2D eigenvalue weighted by molar-refractivity contribution is 5.72. The van der Waals surface area contributed by atoms with Crippen LogP contribution in [0.25, 0.3) is 0 Å². The molecule has 1 amide bonds. The van der Waals surface area contributed by atoms with Crippen molar-refractivity contribution in [2.24, 2.45) is 0 Å². The Labute approximate surface area is 84.6 Å². The monoisotopic (exact) mass is 198 g/mol. The summed E-state index contributed by atoms with van der Waals surface area (Å²) >= 11 is 0. The molecule has 2 aliphatic rings. The van der Waals surface area contributed by atoms with Crippen LogP contribution >= 0.6 is 0 Å². The molecule has 2 unspecified atom stereocenters. The van der Waals surface area contributed by atoms with E-state index in [1.807, 2.05) is 0 Å². The van der Waals surface area contributed by atoms with Crippen LogP contribution < -0.4 is 5.32 Å². The lowest BCUT2D eigenvalue weighted by atomic mass is 10.2. The van der Waals surface area contributed by atoms with Crippen molar-refractivity contribution < 1.29 is 9.53 Å². The fourth-order valence-corrected chi connectivity index (χ4v) is 2.27. The predicted octanol–water partition coefficient (Wildman–Crippen LogP) is -0.0143. The van der Waals surface area contributed by atoms with E-state index in [9.17, 15) is 4.79 Å². The van der Waals surface area contributed by atoms with Crippen LogP contribution in [0.2, 0.25) is 0 Å². The van der Waals surface area contributed by atoms with Crippen molar-refractivity contribution in [3.8, 4) is 0 Å². The molecule has 0 spiro atoms. The van der Waals surface area contributed by atoms with E-state index in [4.69, 9.17) is 4.74 Å². The highest BCUT2D eigenvalue weighted by Gasteiger charge is 2.31. The standard InChI is InChI=1S/C10H18N2O2/c1-8(13)11-5-10-6-12-4-2-3-9(12)7-14-10/h9-10H,2-7H2,1H3,(H,11,13). The fourth-order valence-electron chi connectivity index (χ4n) is 2.27. The molecule has 2 aliphatic heterocycles. The largest absolute Gasteiger partial charge is 0.373 e. The molecule has 2 rings (SSSR count). The summed E-state index contributed by atoms with van der Waals surface area (Å²) in [7, 11) is 0. The third-order valence-electron chi connectivity index (χ3n) is 3.04. The van der Waals surface area contributed by atoms with Gasteiger partial charge in [0.05, 0.1) is 12.7 Å². The summed E-state index contributed by atoms with van der Waals surface area (Å²) in [6, 6.07) is 0.642. The quantitative estimate of drug-likeness (QED) is 0.678. The molecule has 4 nitrogen and oxygen atoms in total. The second-order valence-electron chi connectivity index (χ2n) is 4.18. The van der Waals surface area contributed by atoms with Gasteiger partial charge in [-0.3, -0.25) is 9.69 Å². The molecule has 80 valence electrons. The number of carbonyl (C=O) groups excluding carboxylic acids is 1. The highest BCUT2D eigenvalue weighted by Crippen LogP contribution is 2.22. The zero-order chi connectivity index (χ0) is 9.97. The number of nitrogens with one attached hydrogen (secondary N) is 1. The van der Waals surface area contributed by atoms with Crippen LogP contribution in [0.5, 0.6) is 0 Å². The molecule has 1 N–H and O–H groups in total. The summed E-state index contributed by atoms with van der Waals surface area (Å²) in [5.74, 6) is 0.0251. The van der Waals surface area contributed by atoms with Crippen LogP contribution in [0.3, 0.4) is 0 Å². The van der Waals surface area contributed by atoms with Crippen molar-refractivity contribution >= 4 is 5.91 Å². The molecule has 4 heteroatoms. The lowest BCUT2D eigenvalue weighted by Crippen LogP contribution is -2.49. The van der Waals surface area contributed by atoms with Crippen molar-refractivity contribution in [3.05, 3.63) is 0 Å². The second-order valence-corrected chi connectivity index (χ2v) is 4.18. The third kappa shape index (κ3) is 2.25. The summed E-state index contributed by atoms with van der Waals surface area (Å²) in [5, 5.41) is 2.80. The van der Waals surface area contributed by atoms with Gasteiger partial charge in [-0.25, -0.2) is 0 Å². The molecule has 0 radical (unpaired) electrons. The average molecular weight is 198 g/mol. The summed E-state index contributed by atoms with van der Waals surface area (Å²) in [4.78, 5) is 13.2. The third-order valence-corrected chi connectivity index (χ3v) is 3.04. The predicted molar refractivity (Wildman–Crippen MR) is 53.0 cm³/mol. The van der Waals surface area contributed by atoms with Gasteiger partial charge in [-0.15, -0.1) is 0 Å². The molecular weight excluding hydrogens is 180 g/mol. The lowest BCUT2D eigenvalue weighted by Gasteiger charge is -2.35. The second kappa shape index (κ2) is 4.28. The van der Waals surface area contributed by atoms with Gasteiger partial charge in [-0.05, 0) is 19.4 Å². The van der Waals surface area contributed by atoms with Crippen LogP contribution in [-0.2, 0) is 9.53 Å². The minimum Gasteiger partial charge on any atom is -0.373 e. The van der Waals surface area contributed by atoms with E-state index >= 15 is 0 Å². The normalized spacial score (nSPS) is 32.6. The number of rotatable bonds is 2.